The van der Waals surface area contributed by atoms with Crippen LogP contribution < -0.4 is 10.6 Å². The Hall–Kier alpha value is -4.22. The second-order valence-corrected chi connectivity index (χ2v) is 13.5. The molecule has 4 heterocycles. The van der Waals surface area contributed by atoms with Crippen LogP contribution in [0, 0.1) is 36.5 Å². The van der Waals surface area contributed by atoms with Crippen LogP contribution in [0.3, 0.4) is 0 Å². The van der Waals surface area contributed by atoms with Gasteiger partial charge in [-0.2, -0.15) is 10.5 Å². The molecular formula is C32H28N4O3S3. The van der Waals surface area contributed by atoms with E-state index in [9.17, 15) is 4.79 Å². The predicted octanol–water partition coefficient (Wildman–Crippen LogP) is 8.95. The van der Waals surface area contributed by atoms with Gasteiger partial charge in [0.05, 0.1) is 5.69 Å². The van der Waals surface area contributed by atoms with Gasteiger partial charge in [-0.3, -0.25) is 5.32 Å². The van der Waals surface area contributed by atoms with Crippen molar-refractivity contribution in [2.24, 2.45) is 0 Å². The van der Waals surface area contributed by atoms with Crippen molar-refractivity contribution in [3.05, 3.63) is 80.5 Å². The summed E-state index contributed by atoms with van der Waals surface area (Å²) >= 11 is 8.12. The van der Waals surface area contributed by atoms with Gasteiger partial charge in [-0.25, -0.2) is 4.79 Å². The molecule has 0 saturated heterocycles. The van der Waals surface area contributed by atoms with Crippen LogP contribution in [0.5, 0.6) is 0 Å². The highest BCUT2D eigenvalue weighted by molar-refractivity contribution is 7.80. The number of hydrogen-bond donors (Lipinski definition) is 2. The monoisotopic (exact) mass is 612 g/mol. The molecule has 4 aromatic rings. The zero-order valence-electron chi connectivity index (χ0n) is 24.0. The molecule has 0 radical (unpaired) electrons. The van der Waals surface area contributed by atoms with Gasteiger partial charge in [0.2, 0.25) is 0 Å². The second-order valence-electron chi connectivity index (χ2n) is 11.0. The van der Waals surface area contributed by atoms with E-state index >= 15 is 0 Å². The van der Waals surface area contributed by atoms with Crippen LogP contribution in [0.1, 0.15) is 59.7 Å². The first-order chi connectivity index (χ1) is 19.8. The molecule has 0 atom stereocenters. The lowest BCUT2D eigenvalue weighted by molar-refractivity contribution is 0.0421. The molecule has 6 rings (SSSR count). The third-order valence-electron chi connectivity index (χ3n) is 7.09. The van der Waals surface area contributed by atoms with Gasteiger partial charge in [0, 0.05) is 26.6 Å². The van der Waals surface area contributed by atoms with Crippen molar-refractivity contribution in [3.8, 4) is 33.0 Å². The molecule has 2 aliphatic rings. The maximum atomic E-state index is 11.5. The molecule has 10 heteroatoms. The molecule has 0 fully saturated rings. The summed E-state index contributed by atoms with van der Waals surface area (Å²) in [4.78, 5) is 15.1. The number of nitrogens with one attached hydrogen (secondary N) is 2. The number of ether oxygens (including phenoxy) is 2. The molecule has 0 saturated carbocycles. The number of amides is 1. The van der Waals surface area contributed by atoms with Crippen LogP contribution in [0.25, 0.3) is 20.9 Å². The normalized spacial score (nSPS) is 15.6. The zero-order valence-corrected chi connectivity index (χ0v) is 26.4. The molecule has 0 aliphatic carbocycles. The first-order valence-corrected chi connectivity index (χ1v) is 15.2. The number of thiophene rings is 2. The third-order valence-corrected chi connectivity index (χ3v) is 9.65. The zero-order chi connectivity index (χ0) is 30.4. The first kappa shape index (κ1) is 29.3. The van der Waals surface area contributed by atoms with Gasteiger partial charge in [0.25, 0.3) is 5.17 Å². The molecular weight excluding hydrogens is 585 g/mol. The van der Waals surface area contributed by atoms with E-state index in [4.69, 9.17) is 32.2 Å². The summed E-state index contributed by atoms with van der Waals surface area (Å²) in [7, 11) is 0. The molecule has 0 unspecified atom stereocenters. The van der Waals surface area contributed by atoms with Crippen molar-refractivity contribution in [2.45, 2.75) is 52.7 Å². The minimum absolute atomic E-state index is 0.402. The van der Waals surface area contributed by atoms with E-state index < -0.39 is 17.3 Å². The number of hydrogen-bond acceptors (Lipinski definition) is 8. The Kier molecular flexibility index (Phi) is 7.59. The maximum Gasteiger partial charge on any atom is 0.412 e. The van der Waals surface area contributed by atoms with Gasteiger partial charge in [0.1, 0.15) is 33.1 Å². The molecule has 0 bridgehead atoms. The van der Waals surface area contributed by atoms with Crippen LogP contribution in [-0.2, 0) is 20.7 Å². The van der Waals surface area contributed by atoms with Crippen LogP contribution in [0.15, 0.2) is 48.5 Å². The predicted molar refractivity (Wildman–Crippen MR) is 172 cm³/mol. The highest BCUT2D eigenvalue weighted by atomic mass is 32.1. The highest BCUT2D eigenvalue weighted by Crippen LogP contribution is 2.42. The summed E-state index contributed by atoms with van der Waals surface area (Å²) < 4.78 is 11.1. The summed E-state index contributed by atoms with van der Waals surface area (Å²) in [5.41, 5.74) is 6.96. The topological polar surface area (TPSA) is 107 Å². The Bertz CT molecular complexity index is 1700. The molecule has 42 heavy (non-hydrogen) atoms. The SMILES string of the molecule is Cc1cc(C#N)sc1-c1ccc2c(c1)C(C)(C)OC(=O)N2.Cc1cc(C#N)sc1-c1ccc2c(c1)C(C)(C)OC(=S)N2. The molecule has 2 aliphatic heterocycles. The fraction of sp³-hybridized carbons (Fsp3) is 0.250. The minimum Gasteiger partial charge on any atom is -0.460 e. The number of cyclic esters (lactones) is 1. The van der Waals surface area contributed by atoms with Gasteiger partial charge in [-0.05, 0) is 112 Å². The van der Waals surface area contributed by atoms with Crippen molar-refractivity contribution < 1.29 is 14.3 Å². The van der Waals surface area contributed by atoms with Crippen molar-refractivity contribution in [3.63, 3.8) is 0 Å². The molecule has 212 valence electrons. The van der Waals surface area contributed by atoms with Gasteiger partial charge in [0.15, 0.2) is 0 Å². The molecule has 7 nitrogen and oxygen atoms in total. The van der Waals surface area contributed by atoms with E-state index in [0.29, 0.717) is 10.1 Å². The Morgan fingerprint density at radius 2 is 1.19 bits per heavy atom. The fourth-order valence-corrected chi connectivity index (χ4v) is 7.33. The van der Waals surface area contributed by atoms with Crippen molar-refractivity contribution in [2.75, 3.05) is 10.6 Å². The van der Waals surface area contributed by atoms with E-state index in [0.717, 1.165) is 59.4 Å². The van der Waals surface area contributed by atoms with Crippen LogP contribution in [0.4, 0.5) is 16.2 Å². The van der Waals surface area contributed by atoms with E-state index in [-0.39, 0.29) is 0 Å². The Morgan fingerprint density at radius 3 is 1.64 bits per heavy atom. The molecule has 1 amide bonds. The summed E-state index contributed by atoms with van der Waals surface area (Å²) in [6, 6.07) is 20.3. The second kappa shape index (κ2) is 10.9. The third kappa shape index (κ3) is 5.62. The number of carbonyl (C=O) groups is 1. The number of nitrogens with zero attached hydrogens (tertiary/aromatic N) is 2. The smallest absolute Gasteiger partial charge is 0.412 e. The summed E-state index contributed by atoms with van der Waals surface area (Å²) in [6.45, 7) is 11.8. The van der Waals surface area contributed by atoms with Crippen molar-refractivity contribution >= 4 is 57.5 Å². The summed E-state index contributed by atoms with van der Waals surface area (Å²) in [5, 5.41) is 24.3. The number of carbonyl (C=O) groups excluding carboxylic acids is 1. The average molecular weight is 613 g/mol. The van der Waals surface area contributed by atoms with Gasteiger partial charge < -0.3 is 14.8 Å². The average Bonchev–Trinajstić information content (AvgIpc) is 3.49. The number of thiocarbonyl (C=S) groups is 1. The molecule has 2 aromatic heterocycles. The lowest BCUT2D eigenvalue weighted by Crippen LogP contribution is -2.34. The van der Waals surface area contributed by atoms with Gasteiger partial charge in [-0.1, -0.05) is 12.1 Å². The lowest BCUT2D eigenvalue weighted by Gasteiger charge is -2.34. The van der Waals surface area contributed by atoms with Gasteiger partial charge in [-0.15, -0.1) is 22.7 Å². The number of rotatable bonds is 2. The Labute approximate surface area is 258 Å². The fourth-order valence-electron chi connectivity index (χ4n) is 5.08. The first-order valence-electron chi connectivity index (χ1n) is 13.1. The Morgan fingerprint density at radius 1 is 0.738 bits per heavy atom. The van der Waals surface area contributed by atoms with Gasteiger partial charge >= 0.3 is 6.09 Å². The van der Waals surface area contributed by atoms with E-state index in [1.54, 1.807) is 0 Å². The lowest BCUT2D eigenvalue weighted by atomic mass is 9.92. The Balaban J connectivity index is 0.000000168. The number of fused-ring (bicyclic) bond motifs is 2. The molecule has 2 aromatic carbocycles. The largest absolute Gasteiger partial charge is 0.460 e. The minimum atomic E-state index is -0.670. The van der Waals surface area contributed by atoms with Crippen molar-refractivity contribution in [1.29, 1.82) is 10.5 Å². The van der Waals surface area contributed by atoms with Crippen LogP contribution in [-0.4, -0.2) is 11.3 Å². The molecule has 0 spiro atoms. The van der Waals surface area contributed by atoms with E-state index in [2.05, 4.69) is 34.9 Å². The van der Waals surface area contributed by atoms with Crippen LogP contribution in [0.2, 0.25) is 0 Å². The molecule has 2 N–H and O–H groups in total. The van der Waals surface area contributed by atoms with E-state index in [1.165, 1.54) is 22.7 Å². The maximum absolute atomic E-state index is 11.5. The highest BCUT2D eigenvalue weighted by Gasteiger charge is 2.34. The quantitative estimate of drug-likeness (QED) is 0.218. The summed E-state index contributed by atoms with van der Waals surface area (Å²) in [6.07, 6.45) is -0.431. The summed E-state index contributed by atoms with van der Waals surface area (Å²) in [5.74, 6) is 0. The standard InChI is InChI=1S/C16H14N2O2S.C16H14N2OS2/c1-9-6-11(8-17)21-14(9)10-4-5-13-12(7-10)16(2,3)20-15(19)18-13;1-9-6-11(8-17)21-14(9)10-4-5-13-12(7-10)16(2,3)19-15(20)18-13/h4-7H,1-3H3,(H,18,19);4-7H,1-3H3,(H,18,20). The number of anilines is 2. The van der Waals surface area contributed by atoms with E-state index in [1.807, 2.05) is 77.9 Å². The number of aryl methyl sites for hydroxylation is 2. The van der Waals surface area contributed by atoms with Crippen molar-refractivity contribution in [1.82, 2.24) is 0 Å². The number of benzene rings is 2. The van der Waals surface area contributed by atoms with Crippen LogP contribution >= 0.6 is 34.9 Å². The number of nitriles is 2.